The lowest BCUT2D eigenvalue weighted by Gasteiger charge is -2.15. The van der Waals surface area contributed by atoms with Crippen LogP contribution in [0.4, 0.5) is 0 Å². The van der Waals surface area contributed by atoms with Crippen LogP contribution < -0.4 is 10.3 Å². The highest BCUT2D eigenvalue weighted by molar-refractivity contribution is 6.31. The summed E-state index contributed by atoms with van der Waals surface area (Å²) in [5.74, 6) is -0.257. The molecular formula is C30H20ClN3O5. The Labute approximate surface area is 226 Å². The van der Waals surface area contributed by atoms with Crippen LogP contribution in [0.5, 0.6) is 5.75 Å². The Morgan fingerprint density at radius 1 is 1.03 bits per heavy atom. The van der Waals surface area contributed by atoms with Crippen molar-refractivity contribution in [2.45, 2.75) is 13.0 Å². The topological polar surface area (TPSA) is 107 Å². The number of hydrogen-bond acceptors (Lipinski definition) is 6. The quantitative estimate of drug-likeness (QED) is 0.248. The van der Waals surface area contributed by atoms with Gasteiger partial charge in [-0.25, -0.2) is 9.78 Å². The third-order valence-corrected chi connectivity index (χ3v) is 6.57. The normalized spacial score (nSPS) is 12.5. The van der Waals surface area contributed by atoms with Gasteiger partial charge in [-0.15, -0.1) is 0 Å². The van der Waals surface area contributed by atoms with E-state index in [9.17, 15) is 14.7 Å². The fourth-order valence-corrected chi connectivity index (χ4v) is 4.56. The summed E-state index contributed by atoms with van der Waals surface area (Å²) in [4.78, 5) is 29.9. The largest absolute Gasteiger partial charge is 0.479 e. The molecule has 6 rings (SSSR count). The number of ether oxygens (including phenoxy) is 1. The highest BCUT2D eigenvalue weighted by Crippen LogP contribution is 2.30. The Kier molecular flexibility index (Phi) is 6.09. The van der Waals surface area contributed by atoms with E-state index in [1.54, 1.807) is 54.6 Å². The van der Waals surface area contributed by atoms with Crippen LogP contribution in [0, 0.1) is 0 Å². The van der Waals surface area contributed by atoms with Crippen molar-refractivity contribution < 1.29 is 19.1 Å². The van der Waals surface area contributed by atoms with E-state index in [-0.39, 0.29) is 5.82 Å². The van der Waals surface area contributed by atoms with Crippen LogP contribution in [0.2, 0.25) is 5.02 Å². The summed E-state index contributed by atoms with van der Waals surface area (Å²) in [5, 5.41) is 17.3. The molecule has 1 N–H and O–H groups in total. The second-order valence-corrected chi connectivity index (χ2v) is 9.34. The lowest BCUT2D eigenvalue weighted by atomic mass is 10.0. The van der Waals surface area contributed by atoms with Crippen LogP contribution in [0.15, 0.2) is 99.2 Å². The van der Waals surface area contributed by atoms with Gasteiger partial charge >= 0.3 is 5.97 Å². The summed E-state index contributed by atoms with van der Waals surface area (Å²) in [6, 6.07) is 25.0. The van der Waals surface area contributed by atoms with Gasteiger partial charge in [0.05, 0.1) is 17.1 Å². The number of hydrogen-bond donors (Lipinski definition) is 1. The van der Waals surface area contributed by atoms with E-state index in [2.05, 4.69) is 5.10 Å². The van der Waals surface area contributed by atoms with Crippen molar-refractivity contribution in [3.63, 3.8) is 0 Å². The molecule has 0 radical (unpaired) electrons. The first-order chi connectivity index (χ1) is 18.9. The van der Waals surface area contributed by atoms with Crippen molar-refractivity contribution in [2.75, 3.05) is 0 Å². The number of para-hydroxylation sites is 1. The first-order valence-corrected chi connectivity index (χ1v) is 12.4. The van der Waals surface area contributed by atoms with Gasteiger partial charge in [0.25, 0.3) is 5.56 Å². The number of benzene rings is 4. The van der Waals surface area contributed by atoms with Crippen molar-refractivity contribution in [1.82, 2.24) is 9.66 Å². The van der Waals surface area contributed by atoms with E-state index >= 15 is 0 Å². The maximum atomic E-state index is 13.7. The molecule has 0 fully saturated rings. The maximum Gasteiger partial charge on any atom is 0.344 e. The molecule has 0 aliphatic carbocycles. The molecule has 39 heavy (non-hydrogen) atoms. The van der Waals surface area contributed by atoms with Crippen LogP contribution in [-0.4, -0.2) is 33.1 Å². The van der Waals surface area contributed by atoms with E-state index < -0.39 is 17.6 Å². The summed E-state index contributed by atoms with van der Waals surface area (Å²) < 4.78 is 13.0. The first kappa shape index (κ1) is 24.4. The van der Waals surface area contributed by atoms with E-state index in [1.807, 2.05) is 30.3 Å². The molecule has 0 saturated carbocycles. The zero-order valence-electron chi connectivity index (χ0n) is 20.5. The Morgan fingerprint density at radius 3 is 2.62 bits per heavy atom. The predicted molar refractivity (Wildman–Crippen MR) is 151 cm³/mol. The van der Waals surface area contributed by atoms with Crippen LogP contribution in [0.1, 0.15) is 12.5 Å². The molecule has 9 heteroatoms. The minimum atomic E-state index is -1.10. The highest BCUT2D eigenvalue weighted by Gasteiger charge is 2.19. The minimum absolute atomic E-state index is 0.198. The van der Waals surface area contributed by atoms with Gasteiger partial charge in [0.15, 0.2) is 11.9 Å². The monoisotopic (exact) mass is 537 g/mol. The zero-order valence-corrected chi connectivity index (χ0v) is 21.3. The number of carboxylic acids is 1. The Hall–Kier alpha value is -4.95. The van der Waals surface area contributed by atoms with Crippen molar-refractivity contribution in [2.24, 2.45) is 5.10 Å². The molecule has 0 saturated heterocycles. The van der Waals surface area contributed by atoms with Crippen molar-refractivity contribution >= 4 is 56.4 Å². The predicted octanol–water partition coefficient (Wildman–Crippen LogP) is 6.35. The fourth-order valence-electron chi connectivity index (χ4n) is 4.38. The van der Waals surface area contributed by atoms with E-state index in [1.165, 1.54) is 17.8 Å². The van der Waals surface area contributed by atoms with E-state index in [0.717, 1.165) is 16.2 Å². The van der Waals surface area contributed by atoms with Crippen LogP contribution in [-0.2, 0) is 4.79 Å². The number of carboxylic acid groups (broad SMARTS) is 1. The lowest BCUT2D eigenvalue weighted by molar-refractivity contribution is -0.144. The molecule has 6 aromatic rings. The molecule has 2 aromatic heterocycles. The van der Waals surface area contributed by atoms with Gasteiger partial charge in [0.1, 0.15) is 11.3 Å². The van der Waals surface area contributed by atoms with E-state index in [0.29, 0.717) is 38.6 Å². The van der Waals surface area contributed by atoms with Gasteiger partial charge in [-0.2, -0.15) is 9.78 Å². The van der Waals surface area contributed by atoms with Gasteiger partial charge in [-0.1, -0.05) is 54.1 Å². The summed E-state index contributed by atoms with van der Waals surface area (Å²) in [7, 11) is 0. The molecule has 0 amide bonds. The molecule has 192 valence electrons. The second-order valence-electron chi connectivity index (χ2n) is 8.90. The standard InChI is InChI=1S/C30H20ClN3O5/c1-17(30(36)37)38-26-12-10-18-6-2-3-7-21(18)23(26)16-32-34-28(33-24-9-5-4-8-22(24)29(34)35)27-15-19-14-20(31)11-13-25(19)39-27/h2-17H,1H3,(H,36,37)/t17-/m1/s1. The number of aliphatic carboxylic acids is 1. The number of furan rings is 1. The summed E-state index contributed by atoms with van der Waals surface area (Å²) in [6.45, 7) is 1.45. The minimum Gasteiger partial charge on any atom is -0.479 e. The van der Waals surface area contributed by atoms with Crippen molar-refractivity contribution in [3.05, 3.63) is 106 Å². The Bertz CT molecular complexity index is 1990. The Balaban J connectivity index is 1.57. The third-order valence-electron chi connectivity index (χ3n) is 6.34. The molecule has 0 unspecified atom stereocenters. The van der Waals surface area contributed by atoms with Gasteiger partial charge < -0.3 is 14.3 Å². The van der Waals surface area contributed by atoms with Gasteiger partial charge in [-0.3, -0.25) is 4.79 Å². The molecule has 1 atom stereocenters. The molecule has 0 aliphatic rings. The number of fused-ring (bicyclic) bond motifs is 3. The molecule has 8 nitrogen and oxygen atoms in total. The molecule has 0 aliphatic heterocycles. The first-order valence-electron chi connectivity index (χ1n) is 12.1. The van der Waals surface area contributed by atoms with E-state index in [4.69, 9.17) is 25.7 Å². The SMILES string of the molecule is C[C@@H](Oc1ccc2ccccc2c1C=Nn1c(-c2cc3cc(Cl)ccc3o2)nc2ccccc2c1=O)C(=O)O. The zero-order chi connectivity index (χ0) is 27.1. The van der Waals surface area contributed by atoms with Crippen molar-refractivity contribution in [3.8, 4) is 17.3 Å². The average Bonchev–Trinajstić information content (AvgIpc) is 3.36. The van der Waals surface area contributed by atoms with Crippen LogP contribution in [0.3, 0.4) is 0 Å². The van der Waals surface area contributed by atoms with Gasteiger partial charge in [0, 0.05) is 16.0 Å². The molecule has 4 aromatic carbocycles. The number of carbonyl (C=O) groups is 1. The maximum absolute atomic E-state index is 13.7. The highest BCUT2D eigenvalue weighted by atomic mass is 35.5. The number of rotatable bonds is 6. The lowest BCUT2D eigenvalue weighted by Crippen LogP contribution is -2.23. The van der Waals surface area contributed by atoms with Crippen molar-refractivity contribution in [1.29, 1.82) is 0 Å². The van der Waals surface area contributed by atoms with Gasteiger partial charge in [-0.05, 0) is 60.2 Å². The molecule has 2 heterocycles. The molecule has 0 spiro atoms. The van der Waals surface area contributed by atoms with Crippen LogP contribution >= 0.6 is 11.6 Å². The summed E-state index contributed by atoms with van der Waals surface area (Å²) in [6.07, 6.45) is 0.383. The van der Waals surface area contributed by atoms with Gasteiger partial charge in [0.2, 0.25) is 5.82 Å². The smallest absolute Gasteiger partial charge is 0.344 e. The molecule has 0 bridgehead atoms. The average molecular weight is 538 g/mol. The second kappa shape index (κ2) is 9.74. The van der Waals surface area contributed by atoms with Crippen LogP contribution in [0.25, 0.3) is 44.2 Å². The third kappa shape index (κ3) is 4.51. The summed E-state index contributed by atoms with van der Waals surface area (Å²) >= 11 is 6.16. The number of aromatic nitrogens is 2. The fraction of sp³-hybridized carbons (Fsp3) is 0.0667. The number of halogens is 1. The molecular weight excluding hydrogens is 518 g/mol. The summed E-state index contributed by atoms with van der Waals surface area (Å²) in [5.41, 5.74) is 1.20. The Morgan fingerprint density at radius 2 is 1.79 bits per heavy atom. The number of nitrogens with zero attached hydrogens (tertiary/aromatic N) is 3.